The Labute approximate surface area is 196 Å². The zero-order chi connectivity index (χ0) is 23.9. The summed E-state index contributed by atoms with van der Waals surface area (Å²) in [5, 5.41) is 0. The number of carbonyl (C=O) groups is 1. The molecule has 180 valence electrons. The van der Waals surface area contributed by atoms with Crippen LogP contribution in [0.25, 0.3) is 0 Å². The molecule has 1 amide bonds. The normalized spacial score (nSPS) is 18.1. The van der Waals surface area contributed by atoms with Gasteiger partial charge in [0, 0.05) is 63.4 Å². The van der Waals surface area contributed by atoms with E-state index in [1.807, 2.05) is 24.6 Å². The van der Waals surface area contributed by atoms with Gasteiger partial charge < -0.3 is 19.1 Å². The second-order valence-electron chi connectivity index (χ2n) is 8.95. The Hall–Kier alpha value is -2.36. The molecule has 0 spiro atoms. The van der Waals surface area contributed by atoms with Crippen molar-refractivity contribution in [3.8, 4) is 0 Å². The van der Waals surface area contributed by atoms with E-state index in [9.17, 15) is 13.2 Å². The molecule has 2 fully saturated rings. The molecule has 9 heteroatoms. The highest BCUT2D eigenvalue weighted by Crippen LogP contribution is 2.32. The second-order valence-corrected chi connectivity index (χ2v) is 10.8. The number of hydrogen-bond donors (Lipinski definition) is 0. The van der Waals surface area contributed by atoms with Crippen molar-refractivity contribution in [2.24, 2.45) is 7.05 Å². The number of ether oxygens (including phenoxy) is 1. The molecule has 2 aliphatic heterocycles. The van der Waals surface area contributed by atoms with Crippen molar-refractivity contribution in [2.75, 3.05) is 57.4 Å². The van der Waals surface area contributed by atoms with Crippen molar-refractivity contribution in [1.29, 1.82) is 0 Å². The molecule has 2 aromatic rings. The van der Waals surface area contributed by atoms with Crippen LogP contribution in [0.1, 0.15) is 32.9 Å². The quantitative estimate of drug-likeness (QED) is 0.680. The second kappa shape index (κ2) is 9.12. The van der Waals surface area contributed by atoms with Crippen LogP contribution in [0.5, 0.6) is 0 Å². The van der Waals surface area contributed by atoms with Crippen LogP contribution >= 0.6 is 0 Å². The van der Waals surface area contributed by atoms with Crippen LogP contribution in [0.2, 0.25) is 0 Å². The van der Waals surface area contributed by atoms with Crippen molar-refractivity contribution in [2.45, 2.75) is 32.6 Å². The zero-order valence-electron chi connectivity index (χ0n) is 20.2. The van der Waals surface area contributed by atoms with Gasteiger partial charge in [0.05, 0.1) is 18.8 Å². The van der Waals surface area contributed by atoms with Crippen LogP contribution in [-0.2, 0) is 21.8 Å². The summed E-state index contributed by atoms with van der Waals surface area (Å²) in [6, 6.07) is 6.23. The average molecular weight is 475 g/mol. The Morgan fingerprint density at radius 2 is 1.55 bits per heavy atom. The first kappa shape index (κ1) is 23.8. The van der Waals surface area contributed by atoms with Crippen LogP contribution in [-0.4, -0.2) is 80.6 Å². The van der Waals surface area contributed by atoms with E-state index in [0.29, 0.717) is 69.4 Å². The molecule has 4 rings (SSSR count). The van der Waals surface area contributed by atoms with Gasteiger partial charge in [0.2, 0.25) is 10.0 Å². The first-order valence-corrected chi connectivity index (χ1v) is 12.9. The highest BCUT2D eigenvalue weighted by molar-refractivity contribution is 7.89. The predicted molar refractivity (Wildman–Crippen MR) is 128 cm³/mol. The summed E-state index contributed by atoms with van der Waals surface area (Å²) in [6.45, 7) is 11.7. The molecule has 1 aromatic heterocycles. The Morgan fingerprint density at radius 3 is 2.18 bits per heavy atom. The third kappa shape index (κ3) is 4.18. The molecule has 0 saturated carbocycles. The topological polar surface area (TPSA) is 75.1 Å². The van der Waals surface area contributed by atoms with E-state index in [4.69, 9.17) is 4.74 Å². The van der Waals surface area contributed by atoms with Crippen molar-refractivity contribution in [3.63, 3.8) is 0 Å². The lowest BCUT2D eigenvalue weighted by Gasteiger charge is -2.36. The Morgan fingerprint density at radius 1 is 0.909 bits per heavy atom. The van der Waals surface area contributed by atoms with E-state index in [-0.39, 0.29) is 10.8 Å². The Bertz CT molecular complexity index is 1160. The van der Waals surface area contributed by atoms with Crippen molar-refractivity contribution < 1.29 is 17.9 Å². The lowest BCUT2D eigenvalue weighted by atomic mass is 10.1. The molecular formula is C24H34N4O4S. The van der Waals surface area contributed by atoms with Gasteiger partial charge in [-0.25, -0.2) is 8.42 Å². The summed E-state index contributed by atoms with van der Waals surface area (Å²) in [6.07, 6.45) is 0. The molecule has 0 aliphatic carbocycles. The largest absolute Gasteiger partial charge is 0.378 e. The SMILES string of the molecule is Cc1cccc(N2CCN(S(=O)(=O)c3c(C(=O)N4CCOCC4)c(C)n(C)c3C)CC2)c1C. The monoisotopic (exact) mass is 474 g/mol. The van der Waals surface area contributed by atoms with Crippen molar-refractivity contribution >= 4 is 21.6 Å². The molecule has 3 heterocycles. The van der Waals surface area contributed by atoms with Crippen LogP contribution in [0.4, 0.5) is 5.69 Å². The van der Waals surface area contributed by atoms with Crippen LogP contribution in [0.15, 0.2) is 23.1 Å². The Kier molecular flexibility index (Phi) is 6.57. The maximum absolute atomic E-state index is 13.8. The van der Waals surface area contributed by atoms with Crippen molar-refractivity contribution in [3.05, 3.63) is 46.3 Å². The molecular weight excluding hydrogens is 440 g/mol. The number of morpholine rings is 1. The first-order valence-electron chi connectivity index (χ1n) is 11.5. The van der Waals surface area contributed by atoms with Crippen molar-refractivity contribution in [1.82, 2.24) is 13.8 Å². The lowest BCUT2D eigenvalue weighted by molar-refractivity contribution is 0.0300. The number of amides is 1. The van der Waals surface area contributed by atoms with Crippen LogP contribution in [0, 0.1) is 27.7 Å². The van der Waals surface area contributed by atoms with Gasteiger partial charge in [-0.2, -0.15) is 4.31 Å². The highest BCUT2D eigenvalue weighted by Gasteiger charge is 2.38. The number of hydrogen-bond acceptors (Lipinski definition) is 5. The number of benzene rings is 1. The maximum Gasteiger partial charge on any atom is 0.257 e. The molecule has 8 nitrogen and oxygen atoms in total. The highest BCUT2D eigenvalue weighted by atomic mass is 32.2. The first-order chi connectivity index (χ1) is 15.6. The summed E-state index contributed by atoms with van der Waals surface area (Å²) in [4.78, 5) is 17.5. The summed E-state index contributed by atoms with van der Waals surface area (Å²) in [5.74, 6) is -0.230. The summed E-state index contributed by atoms with van der Waals surface area (Å²) < 4.78 is 36.4. The van der Waals surface area contributed by atoms with E-state index in [0.717, 1.165) is 5.69 Å². The minimum Gasteiger partial charge on any atom is -0.378 e. The third-order valence-corrected chi connectivity index (χ3v) is 9.25. The van der Waals surface area contributed by atoms with Gasteiger partial charge in [-0.1, -0.05) is 12.1 Å². The standard InChI is InChI=1S/C24H34N4O4S/c1-17-7-6-8-21(18(17)2)26-9-11-28(12-10-26)33(30,31)23-20(4)25(5)19(3)22(23)24(29)27-13-15-32-16-14-27/h6-8H,9-16H2,1-5H3. The molecule has 0 unspecified atom stereocenters. The lowest BCUT2D eigenvalue weighted by Crippen LogP contribution is -2.49. The molecule has 0 atom stereocenters. The number of rotatable bonds is 4. The third-order valence-electron chi connectivity index (χ3n) is 7.19. The number of aromatic nitrogens is 1. The van der Waals surface area contributed by atoms with Gasteiger partial charge in [0.1, 0.15) is 4.90 Å². The molecule has 2 aliphatic rings. The summed E-state index contributed by atoms with van der Waals surface area (Å²) in [5.41, 5.74) is 5.18. The van der Waals surface area contributed by atoms with Gasteiger partial charge in [-0.3, -0.25) is 4.79 Å². The maximum atomic E-state index is 13.8. The minimum absolute atomic E-state index is 0.152. The van der Waals surface area contributed by atoms with Gasteiger partial charge in [-0.05, 0) is 44.9 Å². The van der Waals surface area contributed by atoms with E-state index < -0.39 is 10.0 Å². The molecule has 1 aromatic carbocycles. The van der Waals surface area contributed by atoms with Gasteiger partial charge in [0.25, 0.3) is 5.91 Å². The molecule has 0 bridgehead atoms. The van der Waals surface area contributed by atoms with E-state index in [1.54, 1.807) is 11.8 Å². The zero-order valence-corrected chi connectivity index (χ0v) is 21.0. The average Bonchev–Trinajstić information content (AvgIpc) is 3.05. The number of carbonyl (C=O) groups excluding carboxylic acids is 1. The number of sulfonamides is 1. The van der Waals surface area contributed by atoms with E-state index in [2.05, 4.69) is 30.9 Å². The van der Waals surface area contributed by atoms with Crippen LogP contribution in [0.3, 0.4) is 0 Å². The molecule has 0 N–H and O–H groups in total. The van der Waals surface area contributed by atoms with E-state index in [1.165, 1.54) is 15.4 Å². The van der Waals surface area contributed by atoms with Gasteiger partial charge in [-0.15, -0.1) is 0 Å². The van der Waals surface area contributed by atoms with Crippen LogP contribution < -0.4 is 4.90 Å². The van der Waals surface area contributed by atoms with Gasteiger partial charge >= 0.3 is 0 Å². The summed E-state index contributed by atoms with van der Waals surface area (Å²) >= 11 is 0. The number of nitrogens with zero attached hydrogens (tertiary/aromatic N) is 4. The molecule has 2 saturated heterocycles. The number of piperazine rings is 1. The number of anilines is 1. The number of aryl methyl sites for hydroxylation is 1. The fourth-order valence-electron chi connectivity index (χ4n) is 4.79. The smallest absolute Gasteiger partial charge is 0.257 e. The fraction of sp³-hybridized carbons (Fsp3) is 0.542. The minimum atomic E-state index is -3.83. The van der Waals surface area contributed by atoms with E-state index >= 15 is 0 Å². The summed E-state index contributed by atoms with van der Waals surface area (Å²) in [7, 11) is -2.01. The fourth-order valence-corrected chi connectivity index (χ4v) is 6.69. The molecule has 0 radical (unpaired) electrons. The molecule has 33 heavy (non-hydrogen) atoms. The van der Waals surface area contributed by atoms with Gasteiger partial charge in [0.15, 0.2) is 0 Å². The predicted octanol–water partition coefficient (Wildman–Crippen LogP) is 2.24. The Balaban J connectivity index is 1.62.